The Morgan fingerprint density at radius 2 is 2.07 bits per heavy atom. The SMILES string of the molecule is CS(=O)(=O)NCCOc1c(Cl)nc(Cl)nc1N[C@@H]1CCc2[nH]c3ccccc3c2C1. The molecule has 0 amide bonds. The van der Waals surface area contributed by atoms with Crippen LogP contribution in [0.1, 0.15) is 17.7 Å². The Kier molecular flexibility index (Phi) is 6.06. The van der Waals surface area contributed by atoms with Crippen molar-refractivity contribution in [3.63, 3.8) is 0 Å². The van der Waals surface area contributed by atoms with Gasteiger partial charge in [0.05, 0.1) is 6.26 Å². The fraction of sp³-hybridized carbons (Fsp3) is 0.368. The van der Waals surface area contributed by atoms with Crippen molar-refractivity contribution in [2.75, 3.05) is 24.7 Å². The Morgan fingerprint density at radius 1 is 1.27 bits per heavy atom. The first-order valence-electron chi connectivity index (χ1n) is 9.45. The lowest BCUT2D eigenvalue weighted by molar-refractivity contribution is 0.321. The summed E-state index contributed by atoms with van der Waals surface area (Å²) in [5, 5.41) is 4.69. The summed E-state index contributed by atoms with van der Waals surface area (Å²) in [7, 11) is -3.30. The van der Waals surface area contributed by atoms with Crippen LogP contribution in [-0.4, -0.2) is 48.8 Å². The van der Waals surface area contributed by atoms with Gasteiger partial charge in [-0.25, -0.2) is 18.1 Å². The van der Waals surface area contributed by atoms with Gasteiger partial charge in [0.15, 0.2) is 16.7 Å². The Bertz CT molecular complexity index is 1180. The molecule has 3 N–H and O–H groups in total. The smallest absolute Gasteiger partial charge is 0.226 e. The molecular weight excluding hydrogens is 449 g/mol. The van der Waals surface area contributed by atoms with Crippen molar-refractivity contribution in [1.29, 1.82) is 0 Å². The van der Waals surface area contributed by atoms with Crippen LogP contribution < -0.4 is 14.8 Å². The summed E-state index contributed by atoms with van der Waals surface area (Å²) in [6, 6.07) is 8.36. The number of hydrogen-bond acceptors (Lipinski definition) is 6. The zero-order valence-corrected chi connectivity index (χ0v) is 18.5. The first-order valence-corrected chi connectivity index (χ1v) is 12.1. The number of H-pyrrole nitrogens is 1. The molecule has 11 heteroatoms. The van der Waals surface area contributed by atoms with Crippen molar-refractivity contribution in [3.05, 3.63) is 46.0 Å². The number of aromatic nitrogens is 3. The van der Waals surface area contributed by atoms with E-state index in [2.05, 4.69) is 37.1 Å². The molecule has 3 aromatic rings. The number of fused-ring (bicyclic) bond motifs is 3. The van der Waals surface area contributed by atoms with Crippen LogP contribution in [0.2, 0.25) is 10.4 Å². The van der Waals surface area contributed by atoms with E-state index in [4.69, 9.17) is 27.9 Å². The molecule has 1 aromatic carbocycles. The molecule has 2 heterocycles. The number of nitrogens with one attached hydrogen (secondary N) is 3. The number of ether oxygens (including phenoxy) is 1. The molecule has 2 aromatic heterocycles. The second kappa shape index (κ2) is 8.58. The first kappa shape index (κ1) is 21.2. The van der Waals surface area contributed by atoms with Gasteiger partial charge in [-0.3, -0.25) is 0 Å². The summed E-state index contributed by atoms with van der Waals surface area (Å²) in [6.07, 6.45) is 3.70. The zero-order valence-electron chi connectivity index (χ0n) is 16.2. The van der Waals surface area contributed by atoms with Gasteiger partial charge in [-0.1, -0.05) is 29.8 Å². The Hall–Kier alpha value is -2.07. The van der Waals surface area contributed by atoms with Crippen LogP contribution in [0, 0.1) is 0 Å². The van der Waals surface area contributed by atoms with Crippen LogP contribution in [-0.2, 0) is 22.9 Å². The number of halogens is 2. The van der Waals surface area contributed by atoms with Crippen molar-refractivity contribution in [2.24, 2.45) is 0 Å². The summed E-state index contributed by atoms with van der Waals surface area (Å²) >= 11 is 12.2. The minimum Gasteiger partial charge on any atom is -0.485 e. The Balaban J connectivity index is 1.51. The van der Waals surface area contributed by atoms with Gasteiger partial charge in [-0.05, 0) is 42.5 Å². The van der Waals surface area contributed by atoms with Gasteiger partial charge in [0.2, 0.25) is 15.3 Å². The molecule has 4 rings (SSSR count). The number of nitrogens with zero attached hydrogens (tertiary/aromatic N) is 2. The predicted octanol–water partition coefficient (Wildman–Crippen LogP) is 3.16. The summed E-state index contributed by atoms with van der Waals surface area (Å²) in [4.78, 5) is 11.7. The lowest BCUT2D eigenvalue weighted by atomic mass is 9.91. The third kappa shape index (κ3) is 4.80. The van der Waals surface area contributed by atoms with Crippen molar-refractivity contribution >= 4 is 49.9 Å². The lowest BCUT2D eigenvalue weighted by Crippen LogP contribution is -2.29. The monoisotopic (exact) mass is 469 g/mol. The average Bonchev–Trinajstić information content (AvgIpc) is 3.04. The summed E-state index contributed by atoms with van der Waals surface area (Å²) in [6.45, 7) is 0.170. The van der Waals surface area contributed by atoms with E-state index in [1.807, 2.05) is 12.1 Å². The molecule has 0 bridgehead atoms. The van der Waals surface area contributed by atoms with Crippen molar-refractivity contribution < 1.29 is 13.2 Å². The number of hydrogen-bond donors (Lipinski definition) is 3. The maximum atomic E-state index is 11.2. The summed E-state index contributed by atoms with van der Waals surface area (Å²) < 4.78 is 30.4. The molecule has 0 spiro atoms. The highest BCUT2D eigenvalue weighted by Gasteiger charge is 2.25. The number of sulfonamides is 1. The molecule has 30 heavy (non-hydrogen) atoms. The van der Waals surface area contributed by atoms with E-state index in [0.29, 0.717) is 5.82 Å². The molecule has 1 aliphatic carbocycles. The first-order chi connectivity index (χ1) is 14.3. The maximum absolute atomic E-state index is 11.2. The van der Waals surface area contributed by atoms with E-state index in [0.717, 1.165) is 31.0 Å². The molecule has 8 nitrogen and oxygen atoms in total. The van der Waals surface area contributed by atoms with Gasteiger partial charge in [0.25, 0.3) is 0 Å². The number of aromatic amines is 1. The van der Waals surface area contributed by atoms with Gasteiger partial charge in [-0.15, -0.1) is 0 Å². The third-order valence-corrected chi connectivity index (χ3v) is 6.10. The van der Waals surface area contributed by atoms with Crippen molar-refractivity contribution in [1.82, 2.24) is 19.7 Å². The normalized spacial score (nSPS) is 16.4. The van der Waals surface area contributed by atoms with E-state index >= 15 is 0 Å². The largest absolute Gasteiger partial charge is 0.485 e. The van der Waals surface area contributed by atoms with E-state index in [9.17, 15) is 8.42 Å². The highest BCUT2D eigenvalue weighted by Crippen LogP contribution is 2.34. The number of benzene rings is 1. The van der Waals surface area contributed by atoms with E-state index in [-0.39, 0.29) is 35.4 Å². The molecule has 0 aliphatic heterocycles. The van der Waals surface area contributed by atoms with Crippen molar-refractivity contribution in [2.45, 2.75) is 25.3 Å². The molecule has 0 unspecified atom stereocenters. The molecule has 1 atom stereocenters. The third-order valence-electron chi connectivity index (χ3n) is 4.95. The van der Waals surface area contributed by atoms with E-state index in [1.165, 1.54) is 16.6 Å². The quantitative estimate of drug-likeness (QED) is 0.278. The lowest BCUT2D eigenvalue weighted by Gasteiger charge is -2.25. The standard InChI is InChI=1S/C19H21Cl2N5O3S/c1-30(27,28)22-8-9-29-16-17(20)25-19(21)26-18(16)23-11-6-7-15-13(10-11)12-4-2-3-5-14(12)24-15/h2-5,11,22,24H,6-10H2,1H3,(H,23,25,26)/t11-/m1/s1. The van der Waals surface area contributed by atoms with E-state index in [1.54, 1.807) is 0 Å². The topological polar surface area (TPSA) is 109 Å². The minimum atomic E-state index is -3.30. The van der Waals surface area contributed by atoms with Crippen LogP contribution in [0.15, 0.2) is 24.3 Å². The van der Waals surface area contributed by atoms with Gasteiger partial charge >= 0.3 is 0 Å². The van der Waals surface area contributed by atoms with Crippen LogP contribution >= 0.6 is 23.2 Å². The van der Waals surface area contributed by atoms with Gasteiger partial charge < -0.3 is 15.0 Å². The second-order valence-electron chi connectivity index (χ2n) is 7.19. The molecule has 1 aliphatic rings. The second-order valence-corrected chi connectivity index (χ2v) is 9.72. The molecule has 0 saturated carbocycles. The van der Waals surface area contributed by atoms with Crippen LogP contribution in [0.5, 0.6) is 5.75 Å². The Morgan fingerprint density at radius 3 is 2.87 bits per heavy atom. The average molecular weight is 470 g/mol. The van der Waals surface area contributed by atoms with Gasteiger partial charge in [-0.2, -0.15) is 4.98 Å². The van der Waals surface area contributed by atoms with Crippen molar-refractivity contribution in [3.8, 4) is 5.75 Å². The van der Waals surface area contributed by atoms with Crippen LogP contribution in [0.3, 0.4) is 0 Å². The maximum Gasteiger partial charge on any atom is 0.226 e. The summed E-state index contributed by atoms with van der Waals surface area (Å²) in [5.74, 6) is 0.647. The fourth-order valence-corrected chi connectivity index (χ4v) is 4.58. The van der Waals surface area contributed by atoms with E-state index < -0.39 is 10.0 Å². The molecule has 0 saturated heterocycles. The van der Waals surface area contributed by atoms with Crippen LogP contribution in [0.4, 0.5) is 5.82 Å². The molecule has 0 radical (unpaired) electrons. The fourth-order valence-electron chi connectivity index (χ4n) is 3.69. The minimum absolute atomic E-state index is 0.00713. The highest BCUT2D eigenvalue weighted by molar-refractivity contribution is 7.88. The van der Waals surface area contributed by atoms with Gasteiger partial charge in [0, 0.05) is 29.2 Å². The predicted molar refractivity (Wildman–Crippen MR) is 118 cm³/mol. The highest BCUT2D eigenvalue weighted by atomic mass is 35.5. The zero-order chi connectivity index (χ0) is 21.3. The Labute approximate surface area is 184 Å². The molecular formula is C19H21Cl2N5O3S. The van der Waals surface area contributed by atoms with Gasteiger partial charge in [0.1, 0.15) is 6.61 Å². The number of aryl methyl sites for hydroxylation is 1. The number of para-hydroxylation sites is 1. The molecule has 0 fully saturated rings. The van der Waals surface area contributed by atoms with Crippen LogP contribution in [0.25, 0.3) is 10.9 Å². The summed E-state index contributed by atoms with van der Waals surface area (Å²) in [5.41, 5.74) is 3.69. The molecule has 160 valence electrons. The number of rotatable bonds is 7. The number of anilines is 1.